The van der Waals surface area contributed by atoms with Crippen molar-refractivity contribution in [1.29, 1.82) is 0 Å². The second-order valence-electron chi connectivity index (χ2n) is 5.44. The van der Waals surface area contributed by atoms with Gasteiger partial charge in [0.1, 0.15) is 0 Å². The van der Waals surface area contributed by atoms with Crippen LogP contribution in [-0.4, -0.2) is 35.7 Å². The van der Waals surface area contributed by atoms with Gasteiger partial charge in [0.15, 0.2) is 0 Å². The third kappa shape index (κ3) is 3.27. The lowest BCUT2D eigenvalue weighted by Crippen LogP contribution is -2.55. The van der Waals surface area contributed by atoms with E-state index in [0.717, 1.165) is 11.1 Å². The molecule has 0 aliphatic carbocycles. The van der Waals surface area contributed by atoms with Gasteiger partial charge in [0.25, 0.3) is 0 Å². The molecule has 116 valence electrons. The number of nitrogens with zero attached hydrogens (tertiary/aromatic N) is 1. The number of carbonyl (C=O) groups is 1. The monoisotopic (exact) mass is 336 g/mol. The number of nitrogens with one attached hydrogen (secondary N) is 1. The number of carbonyl (C=O) groups excluding carboxylic acids is 1. The van der Waals surface area contributed by atoms with E-state index < -0.39 is 0 Å². The molecule has 1 unspecified atom stereocenters. The van der Waals surface area contributed by atoms with Crippen molar-refractivity contribution in [3.8, 4) is 0 Å². The molecule has 1 aliphatic rings. The number of hydrogen-bond donors (Lipinski definition) is 2. The largest absolute Gasteiger partial charge is 0.396 e. The van der Waals surface area contributed by atoms with Crippen molar-refractivity contribution in [1.82, 2.24) is 10.2 Å². The van der Waals surface area contributed by atoms with E-state index in [4.69, 9.17) is 16.7 Å². The molecule has 0 bridgehead atoms. The summed E-state index contributed by atoms with van der Waals surface area (Å²) in [5.74, 6) is 0.209. The predicted octanol–water partition coefficient (Wildman–Crippen LogP) is 3.12. The Hall–Kier alpha value is -1.56. The maximum absolute atomic E-state index is 12.3. The lowest BCUT2D eigenvalue weighted by molar-refractivity contribution is 0.0768. The van der Waals surface area contributed by atoms with E-state index in [2.05, 4.69) is 5.32 Å². The van der Waals surface area contributed by atoms with Crippen LogP contribution in [0.1, 0.15) is 17.2 Å². The minimum absolute atomic E-state index is 0.101. The van der Waals surface area contributed by atoms with Crippen LogP contribution in [-0.2, 0) is 0 Å². The summed E-state index contributed by atoms with van der Waals surface area (Å²) in [5, 5.41) is 16.8. The molecule has 1 aromatic heterocycles. The van der Waals surface area contributed by atoms with Crippen LogP contribution in [0, 0.1) is 5.92 Å². The summed E-state index contributed by atoms with van der Waals surface area (Å²) in [6.07, 6.45) is 0. The lowest BCUT2D eigenvalue weighted by atomic mass is 10.00. The predicted molar refractivity (Wildman–Crippen MR) is 88.3 cm³/mol. The highest BCUT2D eigenvalue weighted by atomic mass is 35.5. The van der Waals surface area contributed by atoms with Crippen molar-refractivity contribution in [2.75, 3.05) is 19.7 Å². The number of aliphatic hydroxyl groups is 1. The van der Waals surface area contributed by atoms with Gasteiger partial charge in [-0.1, -0.05) is 23.7 Å². The van der Waals surface area contributed by atoms with E-state index in [1.807, 2.05) is 41.1 Å². The van der Waals surface area contributed by atoms with E-state index in [0.29, 0.717) is 18.1 Å². The van der Waals surface area contributed by atoms with Crippen LogP contribution >= 0.6 is 22.9 Å². The molecule has 0 saturated carbocycles. The Kier molecular flexibility index (Phi) is 4.66. The van der Waals surface area contributed by atoms with Gasteiger partial charge >= 0.3 is 6.03 Å². The number of likely N-dealkylation sites (tertiary alicyclic amines) is 1. The molecule has 22 heavy (non-hydrogen) atoms. The first-order chi connectivity index (χ1) is 10.7. The molecule has 2 aromatic rings. The SMILES string of the molecule is O=C(NC(c1ccc(Cl)cc1)c1ccsc1)N1CC(CO)C1. The van der Waals surface area contributed by atoms with Gasteiger partial charge in [-0.3, -0.25) is 0 Å². The summed E-state index contributed by atoms with van der Waals surface area (Å²) in [7, 11) is 0. The molecule has 2 amide bonds. The number of hydrogen-bond acceptors (Lipinski definition) is 3. The highest BCUT2D eigenvalue weighted by Gasteiger charge is 2.31. The third-order valence-corrected chi connectivity index (χ3v) is 4.80. The molecule has 0 radical (unpaired) electrons. The Labute approximate surface area is 138 Å². The fourth-order valence-corrected chi connectivity index (χ4v) is 3.33. The minimum atomic E-state index is -0.191. The van der Waals surface area contributed by atoms with Crippen LogP contribution in [0.5, 0.6) is 0 Å². The summed E-state index contributed by atoms with van der Waals surface area (Å²) >= 11 is 7.54. The van der Waals surface area contributed by atoms with Gasteiger partial charge in [-0.2, -0.15) is 11.3 Å². The highest BCUT2D eigenvalue weighted by molar-refractivity contribution is 7.08. The average Bonchev–Trinajstić information content (AvgIpc) is 2.99. The Balaban J connectivity index is 1.75. The van der Waals surface area contributed by atoms with E-state index in [-0.39, 0.29) is 24.6 Å². The van der Waals surface area contributed by atoms with Crippen molar-refractivity contribution < 1.29 is 9.90 Å². The number of thiophene rings is 1. The molecular weight excluding hydrogens is 320 g/mol. The first-order valence-corrected chi connectivity index (χ1v) is 8.43. The molecule has 1 aliphatic heterocycles. The van der Waals surface area contributed by atoms with Gasteiger partial charge < -0.3 is 15.3 Å². The van der Waals surface area contributed by atoms with Gasteiger partial charge in [0, 0.05) is 30.6 Å². The average molecular weight is 337 g/mol. The number of urea groups is 1. The topological polar surface area (TPSA) is 52.6 Å². The zero-order valence-corrected chi connectivity index (χ0v) is 13.5. The lowest BCUT2D eigenvalue weighted by Gasteiger charge is -2.39. The van der Waals surface area contributed by atoms with Gasteiger partial charge in [-0.05, 0) is 40.1 Å². The van der Waals surface area contributed by atoms with E-state index in [1.165, 1.54) is 0 Å². The summed E-state index contributed by atoms with van der Waals surface area (Å²) in [6, 6.07) is 9.23. The van der Waals surface area contributed by atoms with Crippen LogP contribution in [0.25, 0.3) is 0 Å². The second-order valence-corrected chi connectivity index (χ2v) is 6.66. The van der Waals surface area contributed by atoms with Crippen LogP contribution in [0.2, 0.25) is 5.02 Å². The quantitative estimate of drug-likeness (QED) is 0.901. The smallest absolute Gasteiger partial charge is 0.318 e. The molecule has 2 N–H and O–H groups in total. The summed E-state index contributed by atoms with van der Waals surface area (Å²) < 4.78 is 0. The summed E-state index contributed by atoms with van der Waals surface area (Å²) in [6.45, 7) is 1.35. The number of amides is 2. The molecule has 4 nitrogen and oxygen atoms in total. The van der Waals surface area contributed by atoms with Crippen LogP contribution in [0.15, 0.2) is 41.1 Å². The fraction of sp³-hybridized carbons (Fsp3) is 0.312. The van der Waals surface area contributed by atoms with E-state index >= 15 is 0 Å². The molecule has 3 rings (SSSR count). The molecule has 1 saturated heterocycles. The maximum Gasteiger partial charge on any atom is 0.318 e. The number of rotatable bonds is 4. The third-order valence-electron chi connectivity index (χ3n) is 3.85. The van der Waals surface area contributed by atoms with Crippen molar-refractivity contribution in [2.45, 2.75) is 6.04 Å². The standard InChI is InChI=1S/C16H17ClN2O2S/c17-14-3-1-12(2-4-14)15(13-5-6-22-10-13)18-16(21)19-7-11(8-19)9-20/h1-6,10-11,15,20H,7-9H2,(H,18,21). The first-order valence-electron chi connectivity index (χ1n) is 7.11. The molecule has 1 atom stereocenters. The Morgan fingerprint density at radius 3 is 2.64 bits per heavy atom. The molecule has 1 aromatic carbocycles. The van der Waals surface area contributed by atoms with Gasteiger partial charge in [-0.25, -0.2) is 4.79 Å². The summed E-state index contributed by atoms with van der Waals surface area (Å²) in [4.78, 5) is 14.1. The number of benzene rings is 1. The van der Waals surface area contributed by atoms with Crippen molar-refractivity contribution >= 4 is 29.0 Å². The van der Waals surface area contributed by atoms with E-state index in [1.54, 1.807) is 16.2 Å². The van der Waals surface area contributed by atoms with Gasteiger partial charge in [0.2, 0.25) is 0 Å². The fourth-order valence-electron chi connectivity index (χ4n) is 2.52. The van der Waals surface area contributed by atoms with Gasteiger partial charge in [0.05, 0.1) is 6.04 Å². The zero-order chi connectivity index (χ0) is 15.5. The second kappa shape index (κ2) is 6.69. The normalized spacial score (nSPS) is 16.2. The van der Waals surface area contributed by atoms with E-state index in [9.17, 15) is 4.79 Å². The summed E-state index contributed by atoms with van der Waals surface area (Å²) in [5.41, 5.74) is 2.05. The molecule has 2 heterocycles. The number of halogens is 1. The highest BCUT2D eigenvalue weighted by Crippen LogP contribution is 2.26. The molecule has 1 fully saturated rings. The molecular formula is C16H17ClN2O2S. The van der Waals surface area contributed by atoms with Crippen molar-refractivity contribution in [2.24, 2.45) is 5.92 Å². The number of aliphatic hydroxyl groups excluding tert-OH is 1. The van der Waals surface area contributed by atoms with Crippen molar-refractivity contribution in [3.63, 3.8) is 0 Å². The Bertz CT molecular complexity index is 624. The van der Waals surface area contributed by atoms with Crippen molar-refractivity contribution in [3.05, 3.63) is 57.2 Å². The maximum atomic E-state index is 12.3. The Morgan fingerprint density at radius 1 is 1.32 bits per heavy atom. The van der Waals surface area contributed by atoms with Crippen LogP contribution in [0.3, 0.4) is 0 Å². The molecule has 6 heteroatoms. The first kappa shape index (κ1) is 15.3. The van der Waals surface area contributed by atoms with Gasteiger partial charge in [-0.15, -0.1) is 0 Å². The zero-order valence-electron chi connectivity index (χ0n) is 11.9. The van der Waals surface area contributed by atoms with Crippen LogP contribution in [0.4, 0.5) is 4.79 Å². The molecule has 0 spiro atoms. The minimum Gasteiger partial charge on any atom is -0.396 e. The Morgan fingerprint density at radius 2 is 2.05 bits per heavy atom. The van der Waals surface area contributed by atoms with Crippen LogP contribution < -0.4 is 5.32 Å².